The Labute approximate surface area is 221 Å². The van der Waals surface area contributed by atoms with Crippen LogP contribution < -0.4 is 16.2 Å². The zero-order chi connectivity index (χ0) is 27.4. The molecule has 1 saturated heterocycles. The highest BCUT2D eigenvalue weighted by Crippen LogP contribution is 2.24. The lowest BCUT2D eigenvalue weighted by Gasteiger charge is -2.24. The normalized spacial score (nSPS) is 16.7. The van der Waals surface area contributed by atoms with Gasteiger partial charge < -0.3 is 19.7 Å². The number of likely N-dealkylation sites (tertiary alicyclic amines) is 1. The standard InChI is InChI=1S/C25H23ClFN5O6/c1-37-16-11-20(32(13-16)25(36)30-21-8-5-14(26)12-28-21)22(33)29-19-7-6-15(10-18(19)27)31-9-3-4-17(23(31)34)24(35)38-2/h3-10,12,16,20H,11,13H2,1-2H3,(H,29,33)(H,28,30,36). The first-order valence-corrected chi connectivity index (χ1v) is 11.7. The molecule has 2 atom stereocenters. The first-order chi connectivity index (χ1) is 18.2. The van der Waals surface area contributed by atoms with E-state index in [4.69, 9.17) is 16.3 Å². The molecule has 2 N–H and O–H groups in total. The van der Waals surface area contributed by atoms with Crippen LogP contribution in [-0.4, -0.2) is 65.3 Å². The summed E-state index contributed by atoms with van der Waals surface area (Å²) in [6, 6.07) is 8.02. The maximum Gasteiger partial charge on any atom is 0.343 e. The Morgan fingerprint density at radius 1 is 1.13 bits per heavy atom. The van der Waals surface area contributed by atoms with E-state index in [9.17, 15) is 19.2 Å². The third-order valence-electron chi connectivity index (χ3n) is 5.96. The highest BCUT2D eigenvalue weighted by molar-refractivity contribution is 6.30. The molecule has 2 aromatic heterocycles. The summed E-state index contributed by atoms with van der Waals surface area (Å²) in [5.41, 5.74) is -0.928. The van der Waals surface area contributed by atoms with E-state index in [0.717, 1.165) is 17.7 Å². The molecule has 0 radical (unpaired) electrons. The second-order valence-electron chi connectivity index (χ2n) is 8.30. The summed E-state index contributed by atoms with van der Waals surface area (Å²) in [6.07, 6.45) is 2.53. The number of carbonyl (C=O) groups excluding carboxylic acids is 3. The fourth-order valence-corrected chi connectivity index (χ4v) is 4.12. The van der Waals surface area contributed by atoms with Crippen LogP contribution in [0.3, 0.4) is 0 Å². The van der Waals surface area contributed by atoms with Crippen LogP contribution in [0.2, 0.25) is 5.02 Å². The third kappa shape index (κ3) is 5.66. The highest BCUT2D eigenvalue weighted by atomic mass is 35.5. The summed E-state index contributed by atoms with van der Waals surface area (Å²) in [5.74, 6) is -2.03. The number of benzene rings is 1. The van der Waals surface area contributed by atoms with Crippen LogP contribution in [0, 0.1) is 5.82 Å². The number of aromatic nitrogens is 2. The Kier molecular flexibility index (Phi) is 8.03. The third-order valence-corrected chi connectivity index (χ3v) is 6.19. The summed E-state index contributed by atoms with van der Waals surface area (Å²) >= 11 is 5.82. The Morgan fingerprint density at radius 2 is 1.92 bits per heavy atom. The van der Waals surface area contributed by atoms with Crippen molar-refractivity contribution >= 4 is 41.0 Å². The van der Waals surface area contributed by atoms with Crippen LogP contribution in [0.15, 0.2) is 59.7 Å². The van der Waals surface area contributed by atoms with Gasteiger partial charge in [-0.15, -0.1) is 0 Å². The molecule has 198 valence electrons. The van der Waals surface area contributed by atoms with Crippen molar-refractivity contribution < 1.29 is 28.2 Å². The van der Waals surface area contributed by atoms with Crippen LogP contribution in [0.5, 0.6) is 0 Å². The predicted molar refractivity (Wildman–Crippen MR) is 136 cm³/mol. The lowest BCUT2D eigenvalue weighted by molar-refractivity contribution is -0.119. The molecule has 13 heteroatoms. The number of nitrogens with one attached hydrogen (secondary N) is 2. The van der Waals surface area contributed by atoms with Crippen molar-refractivity contribution in [3.63, 3.8) is 0 Å². The quantitative estimate of drug-likeness (QED) is 0.457. The summed E-state index contributed by atoms with van der Waals surface area (Å²) in [6.45, 7) is 0.134. The number of halogens is 2. The predicted octanol–water partition coefficient (Wildman–Crippen LogP) is 3.07. The average molecular weight is 544 g/mol. The van der Waals surface area contributed by atoms with Gasteiger partial charge in [0.15, 0.2) is 0 Å². The summed E-state index contributed by atoms with van der Waals surface area (Å²) in [4.78, 5) is 55.7. The van der Waals surface area contributed by atoms with E-state index in [1.165, 1.54) is 54.7 Å². The van der Waals surface area contributed by atoms with Crippen LogP contribution in [-0.2, 0) is 14.3 Å². The average Bonchev–Trinajstić information content (AvgIpc) is 3.36. The van der Waals surface area contributed by atoms with Crippen molar-refractivity contribution in [2.45, 2.75) is 18.6 Å². The number of esters is 1. The molecule has 0 bridgehead atoms. The van der Waals surface area contributed by atoms with E-state index in [2.05, 4.69) is 20.4 Å². The van der Waals surface area contributed by atoms with Crippen molar-refractivity contribution in [2.75, 3.05) is 31.4 Å². The first-order valence-electron chi connectivity index (χ1n) is 11.3. The van der Waals surface area contributed by atoms with Gasteiger partial charge in [0.25, 0.3) is 5.56 Å². The van der Waals surface area contributed by atoms with Gasteiger partial charge in [0.05, 0.1) is 29.6 Å². The molecule has 0 aliphatic carbocycles. The van der Waals surface area contributed by atoms with Crippen LogP contribution in [0.4, 0.5) is 20.7 Å². The van der Waals surface area contributed by atoms with Gasteiger partial charge in [0.2, 0.25) is 5.91 Å². The van der Waals surface area contributed by atoms with Gasteiger partial charge >= 0.3 is 12.0 Å². The molecule has 3 heterocycles. The number of pyridine rings is 2. The maximum atomic E-state index is 15.0. The minimum absolute atomic E-state index is 0.132. The molecule has 2 unspecified atom stereocenters. The lowest BCUT2D eigenvalue weighted by atomic mass is 10.1. The van der Waals surface area contributed by atoms with Crippen LogP contribution >= 0.6 is 11.6 Å². The molecule has 11 nitrogen and oxygen atoms in total. The van der Waals surface area contributed by atoms with E-state index in [1.54, 1.807) is 6.07 Å². The molecular formula is C25H23ClFN5O6. The zero-order valence-corrected chi connectivity index (χ0v) is 21.1. The minimum atomic E-state index is -0.953. The second kappa shape index (κ2) is 11.4. The number of anilines is 2. The largest absolute Gasteiger partial charge is 0.465 e. The molecule has 1 aliphatic rings. The minimum Gasteiger partial charge on any atom is -0.465 e. The van der Waals surface area contributed by atoms with E-state index >= 15 is 4.39 Å². The Hall–Kier alpha value is -4.29. The number of urea groups is 1. The van der Waals surface area contributed by atoms with Gasteiger partial charge in [-0.05, 0) is 36.4 Å². The highest BCUT2D eigenvalue weighted by Gasteiger charge is 2.40. The van der Waals surface area contributed by atoms with Crippen LogP contribution in [0.1, 0.15) is 16.8 Å². The number of hydrogen-bond donors (Lipinski definition) is 2. The van der Waals surface area contributed by atoms with E-state index in [-0.39, 0.29) is 35.7 Å². The van der Waals surface area contributed by atoms with Crippen molar-refractivity contribution in [1.82, 2.24) is 14.5 Å². The Morgan fingerprint density at radius 3 is 2.58 bits per heavy atom. The van der Waals surface area contributed by atoms with Crippen molar-refractivity contribution in [3.8, 4) is 5.69 Å². The molecule has 1 fully saturated rings. The van der Waals surface area contributed by atoms with E-state index in [1.807, 2.05) is 0 Å². The number of hydrogen-bond acceptors (Lipinski definition) is 7. The first kappa shape index (κ1) is 26.8. The molecular weight excluding hydrogens is 521 g/mol. The van der Waals surface area contributed by atoms with Gasteiger partial charge in [-0.2, -0.15) is 0 Å². The number of methoxy groups -OCH3 is 2. The molecule has 0 spiro atoms. The molecule has 4 rings (SSSR count). The number of nitrogens with zero attached hydrogens (tertiary/aromatic N) is 3. The molecule has 3 aromatic rings. The van der Waals surface area contributed by atoms with Crippen molar-refractivity contribution in [1.29, 1.82) is 0 Å². The van der Waals surface area contributed by atoms with E-state index < -0.39 is 41.4 Å². The fourth-order valence-electron chi connectivity index (χ4n) is 4.01. The fraction of sp³-hybridized carbons (Fsp3) is 0.240. The molecule has 38 heavy (non-hydrogen) atoms. The Balaban J connectivity index is 1.52. The SMILES string of the molecule is COC(=O)c1cccn(-c2ccc(NC(=O)C3CC(OC)CN3C(=O)Nc3ccc(Cl)cn3)c(F)c2)c1=O. The number of amides is 3. The lowest BCUT2D eigenvalue weighted by Crippen LogP contribution is -2.45. The molecule has 3 amide bonds. The number of rotatable bonds is 6. The van der Waals surface area contributed by atoms with Gasteiger partial charge in [-0.3, -0.25) is 19.5 Å². The second-order valence-corrected chi connectivity index (χ2v) is 8.73. The summed E-state index contributed by atoms with van der Waals surface area (Å²) in [7, 11) is 2.62. The van der Waals surface area contributed by atoms with Crippen molar-refractivity contribution in [3.05, 3.63) is 81.6 Å². The molecule has 0 saturated carbocycles. The molecule has 1 aliphatic heterocycles. The van der Waals surface area contributed by atoms with Gasteiger partial charge in [-0.25, -0.2) is 19.0 Å². The van der Waals surface area contributed by atoms with Gasteiger partial charge in [0, 0.05) is 38.5 Å². The number of carbonyl (C=O) groups is 3. The van der Waals surface area contributed by atoms with Gasteiger partial charge in [-0.1, -0.05) is 11.6 Å². The number of ether oxygens (including phenoxy) is 2. The van der Waals surface area contributed by atoms with Gasteiger partial charge in [0.1, 0.15) is 23.2 Å². The van der Waals surface area contributed by atoms with Crippen LogP contribution in [0.25, 0.3) is 5.69 Å². The zero-order valence-electron chi connectivity index (χ0n) is 20.3. The maximum absolute atomic E-state index is 15.0. The van der Waals surface area contributed by atoms with E-state index in [0.29, 0.717) is 5.02 Å². The van der Waals surface area contributed by atoms with Crippen molar-refractivity contribution in [2.24, 2.45) is 0 Å². The smallest absolute Gasteiger partial charge is 0.343 e. The monoisotopic (exact) mass is 543 g/mol. The Bertz CT molecular complexity index is 1430. The summed E-state index contributed by atoms with van der Waals surface area (Å²) < 4.78 is 26.0. The molecule has 1 aromatic carbocycles. The topological polar surface area (TPSA) is 132 Å². The summed E-state index contributed by atoms with van der Waals surface area (Å²) in [5, 5.41) is 5.50.